The van der Waals surface area contributed by atoms with Crippen molar-refractivity contribution in [3.8, 4) is 0 Å². The van der Waals surface area contributed by atoms with Crippen molar-refractivity contribution in [3.63, 3.8) is 0 Å². The molecule has 0 aliphatic carbocycles. The van der Waals surface area contributed by atoms with Crippen LogP contribution in [0.4, 0.5) is 0 Å². The van der Waals surface area contributed by atoms with Crippen molar-refractivity contribution in [2.24, 2.45) is 4.99 Å². The summed E-state index contributed by atoms with van der Waals surface area (Å²) in [7, 11) is 1.84. The number of aliphatic imine (C=N–C) groups is 1. The fourth-order valence-corrected chi connectivity index (χ4v) is 1.62. The zero-order chi connectivity index (χ0) is 7.98. The van der Waals surface area contributed by atoms with E-state index < -0.39 is 0 Å². The molecule has 0 saturated heterocycles. The molecular weight excluding hydrogens is 237 g/mol. The molecule has 0 heterocycles. The van der Waals surface area contributed by atoms with Crippen LogP contribution in [-0.4, -0.2) is 22.1 Å². The number of allylic oxidation sites excluding steroid dienone is 2. The molecule has 0 atom stereocenters. The summed E-state index contributed by atoms with van der Waals surface area (Å²) in [5.74, 6) is 0. The minimum absolute atomic E-state index is 0.412. The molecule has 0 aliphatic heterocycles. The Morgan fingerprint density at radius 1 is 1.50 bits per heavy atom. The summed E-state index contributed by atoms with van der Waals surface area (Å²) in [6, 6.07) is 0. The van der Waals surface area contributed by atoms with Crippen LogP contribution in [0, 0.1) is 0 Å². The number of halogens is 1. The molecule has 0 fully saturated rings. The van der Waals surface area contributed by atoms with Gasteiger partial charge in [0.15, 0.2) is 0 Å². The molecular formula is C8H15IN-. The molecule has 0 radical (unpaired) electrons. The third kappa shape index (κ3) is 4.04. The molecule has 0 rings (SSSR count). The van der Waals surface area contributed by atoms with Gasteiger partial charge in [-0.3, -0.25) is 0 Å². The molecule has 0 unspecified atom stereocenters. The van der Waals surface area contributed by atoms with Crippen molar-refractivity contribution in [2.45, 2.75) is 13.8 Å². The summed E-state index contributed by atoms with van der Waals surface area (Å²) in [6.45, 7) is 4.18. The summed E-state index contributed by atoms with van der Waals surface area (Å²) in [5, 5.41) is 0. The summed E-state index contributed by atoms with van der Waals surface area (Å²) in [6.07, 6.45) is 2.29. The van der Waals surface area contributed by atoms with Crippen LogP contribution in [0.2, 0.25) is 0 Å². The molecule has 0 bridgehead atoms. The first-order chi connectivity index (χ1) is 4.72. The average Bonchev–Trinajstić information content (AvgIpc) is 1.98. The predicted molar refractivity (Wildman–Crippen MR) is 43.6 cm³/mol. The van der Waals surface area contributed by atoms with Gasteiger partial charge in [-0.2, -0.15) is 0 Å². The van der Waals surface area contributed by atoms with Gasteiger partial charge in [0.25, 0.3) is 0 Å². The quantitative estimate of drug-likeness (QED) is 0.338. The first kappa shape index (κ1) is 10.1. The number of hydrogen-bond donors (Lipinski definition) is 0. The molecule has 10 heavy (non-hydrogen) atoms. The molecule has 1 nitrogen and oxygen atoms in total. The van der Waals surface area contributed by atoms with Crippen LogP contribution in [0.15, 0.2) is 16.6 Å². The van der Waals surface area contributed by atoms with E-state index >= 15 is 0 Å². The standard InChI is InChI=1S/C8H15IN/c1-7(5-6-9-3)8(2)10-4/h5H,6H2,1-4H3/q-1/b7-5-,10-8?. The molecule has 2 heteroatoms. The number of nitrogens with zero attached hydrogens (tertiary/aromatic N) is 1. The molecule has 0 N–H and O–H groups in total. The maximum absolute atomic E-state index is 4.10. The second-order valence-corrected chi connectivity index (χ2v) is 4.52. The van der Waals surface area contributed by atoms with Gasteiger partial charge in [0.1, 0.15) is 0 Å². The Bertz CT molecular complexity index is 147. The average molecular weight is 252 g/mol. The van der Waals surface area contributed by atoms with Crippen LogP contribution in [0.1, 0.15) is 13.8 Å². The number of hydrogen-bond acceptors (Lipinski definition) is 1. The third-order valence-electron chi connectivity index (χ3n) is 1.44. The Morgan fingerprint density at radius 3 is 2.50 bits per heavy atom. The van der Waals surface area contributed by atoms with Gasteiger partial charge in [0.2, 0.25) is 0 Å². The van der Waals surface area contributed by atoms with Crippen LogP contribution in [0.3, 0.4) is 0 Å². The second kappa shape index (κ2) is 5.89. The predicted octanol–water partition coefficient (Wildman–Crippen LogP) is -1.26. The van der Waals surface area contributed by atoms with E-state index in [1.807, 2.05) is 7.05 Å². The molecule has 0 saturated carbocycles. The van der Waals surface area contributed by atoms with Crippen molar-refractivity contribution in [2.75, 3.05) is 16.4 Å². The second-order valence-electron chi connectivity index (χ2n) is 2.12. The fraction of sp³-hybridized carbons (Fsp3) is 0.625. The van der Waals surface area contributed by atoms with Crippen LogP contribution in [0.5, 0.6) is 0 Å². The Kier molecular flexibility index (Phi) is 5.97. The van der Waals surface area contributed by atoms with E-state index in [2.05, 4.69) is 29.8 Å². The van der Waals surface area contributed by atoms with Gasteiger partial charge < -0.3 is 0 Å². The third-order valence-corrected chi connectivity index (χ3v) is 2.76. The fourth-order valence-electron chi connectivity index (χ4n) is 0.517. The van der Waals surface area contributed by atoms with E-state index in [0.29, 0.717) is 21.2 Å². The van der Waals surface area contributed by atoms with Gasteiger partial charge in [-0.05, 0) is 0 Å². The van der Waals surface area contributed by atoms with Crippen molar-refractivity contribution in [1.82, 2.24) is 0 Å². The number of alkyl halides is 2. The molecule has 0 aromatic carbocycles. The van der Waals surface area contributed by atoms with Gasteiger partial charge in [-0.1, -0.05) is 0 Å². The Hall–Kier alpha value is 0.140. The topological polar surface area (TPSA) is 12.4 Å². The molecule has 0 aromatic heterocycles. The summed E-state index contributed by atoms with van der Waals surface area (Å²) in [4.78, 5) is 6.39. The molecule has 0 amide bonds. The monoisotopic (exact) mass is 252 g/mol. The van der Waals surface area contributed by atoms with Gasteiger partial charge in [-0.15, -0.1) is 0 Å². The van der Waals surface area contributed by atoms with E-state index in [1.54, 1.807) is 0 Å². The molecule has 0 aliphatic rings. The van der Waals surface area contributed by atoms with Crippen LogP contribution >= 0.6 is 0 Å². The van der Waals surface area contributed by atoms with Crippen LogP contribution < -0.4 is 21.2 Å². The zero-order valence-corrected chi connectivity index (χ0v) is 9.27. The Labute approximate surface area is 73.9 Å². The van der Waals surface area contributed by atoms with Crippen molar-refractivity contribution in [3.05, 3.63) is 11.6 Å². The summed E-state index contributed by atoms with van der Waals surface area (Å²) in [5.41, 5.74) is 2.50. The van der Waals surface area contributed by atoms with Crippen molar-refractivity contribution in [1.29, 1.82) is 0 Å². The first-order valence-electron chi connectivity index (χ1n) is 3.26. The molecule has 60 valence electrons. The Morgan fingerprint density at radius 2 is 2.10 bits per heavy atom. The van der Waals surface area contributed by atoms with Gasteiger partial charge >= 0.3 is 73.8 Å². The minimum atomic E-state index is 0.412. The molecule has 0 spiro atoms. The summed E-state index contributed by atoms with van der Waals surface area (Å²) >= 11 is 0.412. The molecule has 0 aromatic rings. The van der Waals surface area contributed by atoms with E-state index in [4.69, 9.17) is 0 Å². The normalized spacial score (nSPS) is 14.4. The SMILES string of the molecule is CN=C(C)/C(C)=C\C[I-]C. The van der Waals surface area contributed by atoms with E-state index in [-0.39, 0.29) is 0 Å². The summed E-state index contributed by atoms with van der Waals surface area (Å²) < 4.78 is 1.28. The first-order valence-corrected chi connectivity index (χ1v) is 6.95. The zero-order valence-electron chi connectivity index (χ0n) is 7.11. The van der Waals surface area contributed by atoms with Gasteiger partial charge in [-0.25, -0.2) is 0 Å². The van der Waals surface area contributed by atoms with E-state index in [9.17, 15) is 0 Å². The van der Waals surface area contributed by atoms with Gasteiger partial charge in [0, 0.05) is 0 Å². The maximum atomic E-state index is 4.10. The van der Waals surface area contributed by atoms with Gasteiger partial charge in [0.05, 0.1) is 0 Å². The van der Waals surface area contributed by atoms with Crippen LogP contribution in [-0.2, 0) is 0 Å². The van der Waals surface area contributed by atoms with E-state index in [1.165, 1.54) is 10.0 Å². The van der Waals surface area contributed by atoms with Crippen LogP contribution in [0.25, 0.3) is 0 Å². The van der Waals surface area contributed by atoms with Crippen molar-refractivity contribution < 1.29 is 21.2 Å². The van der Waals surface area contributed by atoms with E-state index in [0.717, 1.165) is 5.71 Å². The number of rotatable bonds is 3. The Balaban J connectivity index is 3.93. The van der Waals surface area contributed by atoms with Crippen molar-refractivity contribution >= 4 is 5.71 Å².